The molecule has 0 aliphatic carbocycles. The van der Waals surface area contributed by atoms with E-state index in [-0.39, 0.29) is 17.9 Å². The first kappa shape index (κ1) is 23.1. The Morgan fingerprint density at radius 2 is 1.61 bits per heavy atom. The molecule has 8 nitrogen and oxygen atoms in total. The van der Waals surface area contributed by atoms with Crippen molar-refractivity contribution in [2.45, 2.75) is 40.0 Å². The van der Waals surface area contributed by atoms with Crippen molar-refractivity contribution in [1.29, 1.82) is 0 Å². The number of hydrogen-bond donors (Lipinski definition) is 3. The molecule has 0 aliphatic rings. The average molecular weight is 391 g/mol. The molecule has 0 unspecified atom stereocenters. The van der Waals surface area contributed by atoms with Gasteiger partial charge in [-0.1, -0.05) is 46.8 Å². The summed E-state index contributed by atoms with van der Waals surface area (Å²) >= 11 is 0. The van der Waals surface area contributed by atoms with Gasteiger partial charge in [-0.15, -0.1) is 0 Å². The number of carbonyl (C=O) groups excluding carboxylic acids is 4. The molecule has 8 heteroatoms. The molecule has 0 aromatic heterocycles. The predicted octanol–water partition coefficient (Wildman–Crippen LogP) is 1.74. The largest absolute Gasteiger partial charge is 0.454 e. The molecule has 1 rings (SSSR count). The quantitative estimate of drug-likeness (QED) is 0.613. The fourth-order valence-corrected chi connectivity index (χ4v) is 2.08. The van der Waals surface area contributed by atoms with Gasteiger partial charge in [0.15, 0.2) is 6.61 Å². The van der Waals surface area contributed by atoms with Crippen LogP contribution in [-0.2, 0) is 19.7 Å². The molecule has 3 N–H and O–H groups in total. The van der Waals surface area contributed by atoms with Gasteiger partial charge < -0.3 is 15.4 Å². The van der Waals surface area contributed by atoms with Crippen LogP contribution in [0.4, 0.5) is 4.79 Å². The van der Waals surface area contributed by atoms with Crippen LogP contribution >= 0.6 is 0 Å². The van der Waals surface area contributed by atoms with Crippen molar-refractivity contribution in [3.05, 3.63) is 35.4 Å². The fourth-order valence-electron chi connectivity index (χ4n) is 2.08. The lowest BCUT2D eigenvalue weighted by atomic mass is 9.87. The molecular formula is C20H29N3O5. The number of benzene rings is 1. The van der Waals surface area contributed by atoms with Crippen LogP contribution in [0, 0.1) is 5.92 Å². The Balaban J connectivity index is 2.35. The Hall–Kier alpha value is -2.90. The van der Waals surface area contributed by atoms with E-state index < -0.39 is 30.4 Å². The summed E-state index contributed by atoms with van der Waals surface area (Å²) in [6.07, 6.45) is 0. The summed E-state index contributed by atoms with van der Waals surface area (Å²) in [5, 5.41) is 6.98. The molecule has 28 heavy (non-hydrogen) atoms. The molecule has 1 aromatic rings. The normalized spacial score (nSPS) is 10.9. The van der Waals surface area contributed by atoms with Gasteiger partial charge in [0.2, 0.25) is 0 Å². The highest BCUT2D eigenvalue weighted by Gasteiger charge is 2.15. The van der Waals surface area contributed by atoms with Gasteiger partial charge in [-0.25, -0.2) is 4.79 Å². The van der Waals surface area contributed by atoms with Crippen molar-refractivity contribution < 1.29 is 23.9 Å². The molecule has 0 atom stereocenters. The lowest BCUT2D eigenvalue weighted by Gasteiger charge is -2.19. The maximum Gasteiger partial charge on any atom is 0.325 e. The Morgan fingerprint density at radius 1 is 1.00 bits per heavy atom. The van der Waals surface area contributed by atoms with Crippen LogP contribution in [0.25, 0.3) is 0 Å². The summed E-state index contributed by atoms with van der Waals surface area (Å²) in [5.74, 6) is -1.71. The molecule has 0 heterocycles. The SMILES string of the molecule is CC(C)CNC(=O)NC(=O)COC(=O)CNC(=O)c1ccc(C(C)(C)C)cc1. The molecule has 0 saturated heterocycles. The fraction of sp³-hybridized carbons (Fsp3) is 0.500. The third-order valence-corrected chi connectivity index (χ3v) is 3.69. The van der Waals surface area contributed by atoms with E-state index in [1.165, 1.54) is 0 Å². The first-order valence-corrected chi connectivity index (χ1v) is 9.11. The number of carbonyl (C=O) groups is 4. The van der Waals surface area contributed by atoms with Crippen LogP contribution in [0.1, 0.15) is 50.5 Å². The van der Waals surface area contributed by atoms with Gasteiger partial charge >= 0.3 is 12.0 Å². The molecule has 0 radical (unpaired) electrons. The van der Waals surface area contributed by atoms with E-state index in [0.29, 0.717) is 12.1 Å². The van der Waals surface area contributed by atoms with Crippen LogP contribution in [0.3, 0.4) is 0 Å². The zero-order chi connectivity index (χ0) is 21.3. The van der Waals surface area contributed by atoms with Crippen molar-refractivity contribution in [2.24, 2.45) is 5.92 Å². The third-order valence-electron chi connectivity index (χ3n) is 3.69. The second kappa shape index (κ2) is 10.4. The molecule has 0 aliphatic heterocycles. The van der Waals surface area contributed by atoms with Crippen molar-refractivity contribution in [1.82, 2.24) is 16.0 Å². The van der Waals surface area contributed by atoms with Gasteiger partial charge in [0.25, 0.3) is 11.8 Å². The number of ether oxygens (including phenoxy) is 1. The number of urea groups is 1. The molecule has 0 spiro atoms. The molecule has 0 bridgehead atoms. The maximum absolute atomic E-state index is 12.1. The van der Waals surface area contributed by atoms with Crippen LogP contribution in [0.15, 0.2) is 24.3 Å². The second-order valence-corrected chi connectivity index (χ2v) is 7.82. The van der Waals surface area contributed by atoms with E-state index in [9.17, 15) is 19.2 Å². The summed E-state index contributed by atoms with van der Waals surface area (Å²) in [7, 11) is 0. The summed E-state index contributed by atoms with van der Waals surface area (Å²) in [4.78, 5) is 46.7. The van der Waals surface area contributed by atoms with E-state index in [2.05, 4.69) is 31.4 Å². The first-order valence-electron chi connectivity index (χ1n) is 9.11. The highest BCUT2D eigenvalue weighted by molar-refractivity contribution is 5.97. The highest BCUT2D eigenvalue weighted by atomic mass is 16.5. The van der Waals surface area contributed by atoms with Crippen LogP contribution in [0.5, 0.6) is 0 Å². The Kier molecular flexibility index (Phi) is 8.63. The van der Waals surface area contributed by atoms with E-state index in [0.717, 1.165) is 5.56 Å². The number of imide groups is 1. The minimum Gasteiger partial charge on any atom is -0.454 e. The summed E-state index contributed by atoms with van der Waals surface area (Å²) < 4.78 is 4.73. The van der Waals surface area contributed by atoms with Gasteiger partial charge in [0.05, 0.1) is 0 Å². The molecule has 0 saturated carbocycles. The number of rotatable bonds is 7. The van der Waals surface area contributed by atoms with Gasteiger partial charge in [-0.2, -0.15) is 0 Å². The van der Waals surface area contributed by atoms with Crippen molar-refractivity contribution >= 4 is 23.8 Å². The maximum atomic E-state index is 12.1. The number of nitrogens with one attached hydrogen (secondary N) is 3. The number of amides is 4. The molecule has 4 amide bonds. The van der Waals surface area contributed by atoms with Crippen molar-refractivity contribution in [2.75, 3.05) is 19.7 Å². The smallest absolute Gasteiger partial charge is 0.325 e. The van der Waals surface area contributed by atoms with Crippen molar-refractivity contribution in [3.63, 3.8) is 0 Å². The Morgan fingerprint density at radius 3 is 2.14 bits per heavy atom. The van der Waals surface area contributed by atoms with E-state index in [1.54, 1.807) is 12.1 Å². The minimum absolute atomic E-state index is 0.0227. The van der Waals surface area contributed by atoms with E-state index in [4.69, 9.17) is 4.74 Å². The summed E-state index contributed by atoms with van der Waals surface area (Å²) in [6, 6.07) is 6.44. The zero-order valence-electron chi connectivity index (χ0n) is 17.0. The zero-order valence-corrected chi connectivity index (χ0v) is 17.0. The van der Waals surface area contributed by atoms with E-state index >= 15 is 0 Å². The number of esters is 1. The van der Waals surface area contributed by atoms with Crippen molar-refractivity contribution in [3.8, 4) is 0 Å². The van der Waals surface area contributed by atoms with Gasteiger partial charge in [-0.05, 0) is 29.0 Å². The third kappa shape index (κ3) is 8.66. The molecule has 0 fully saturated rings. The predicted molar refractivity (Wildman–Crippen MR) is 105 cm³/mol. The number of hydrogen-bond acceptors (Lipinski definition) is 5. The standard InChI is InChI=1S/C20H29N3O5/c1-13(2)10-22-19(27)23-16(24)12-28-17(25)11-21-18(26)14-6-8-15(9-7-14)20(3,4)5/h6-9,13H,10-12H2,1-5H3,(H,21,26)(H2,22,23,24,27). The molecule has 154 valence electrons. The Bertz CT molecular complexity index is 706. The van der Waals surface area contributed by atoms with Crippen LogP contribution < -0.4 is 16.0 Å². The first-order chi connectivity index (χ1) is 13.0. The van der Waals surface area contributed by atoms with Gasteiger partial charge in [0, 0.05) is 12.1 Å². The minimum atomic E-state index is -0.780. The second-order valence-electron chi connectivity index (χ2n) is 7.82. The van der Waals surface area contributed by atoms with Gasteiger partial charge in [0.1, 0.15) is 6.54 Å². The summed E-state index contributed by atoms with van der Waals surface area (Å²) in [5.41, 5.74) is 1.48. The Labute approximate surface area is 165 Å². The lowest BCUT2D eigenvalue weighted by Crippen LogP contribution is -2.43. The topological polar surface area (TPSA) is 114 Å². The molecule has 1 aromatic carbocycles. The average Bonchev–Trinajstić information content (AvgIpc) is 2.62. The molecular weight excluding hydrogens is 362 g/mol. The highest BCUT2D eigenvalue weighted by Crippen LogP contribution is 2.22. The lowest BCUT2D eigenvalue weighted by molar-refractivity contribution is -0.147. The summed E-state index contributed by atoms with van der Waals surface area (Å²) in [6.45, 7) is 9.47. The monoisotopic (exact) mass is 391 g/mol. The van der Waals surface area contributed by atoms with Crippen LogP contribution in [0.2, 0.25) is 0 Å². The van der Waals surface area contributed by atoms with E-state index in [1.807, 2.05) is 31.3 Å². The van der Waals surface area contributed by atoms with Crippen LogP contribution in [-0.4, -0.2) is 43.5 Å². The van der Waals surface area contributed by atoms with Gasteiger partial charge in [-0.3, -0.25) is 19.7 Å².